The number of hydrogen-bond donors (Lipinski definition) is 1. The van der Waals surface area contributed by atoms with Crippen molar-refractivity contribution in [1.82, 2.24) is 15.1 Å². The number of carbonyl (C=O) groups excluding carboxylic acids is 1. The third kappa shape index (κ3) is 3.68. The van der Waals surface area contributed by atoms with Crippen molar-refractivity contribution in [2.45, 2.75) is 6.54 Å². The second kappa shape index (κ2) is 6.15. The average Bonchev–Trinajstić information content (AvgIpc) is 2.80. The second-order valence-corrected chi connectivity index (χ2v) is 5.51. The number of hydrogen-bond acceptors (Lipinski definition) is 2. The molecule has 1 heterocycles. The Bertz CT molecular complexity index is 520. The summed E-state index contributed by atoms with van der Waals surface area (Å²) in [5.74, 6) is -0.0934. The molecule has 0 spiro atoms. The molecule has 0 aliphatic rings. The van der Waals surface area contributed by atoms with Crippen LogP contribution in [0.4, 0.5) is 0 Å². The van der Waals surface area contributed by atoms with Crippen LogP contribution >= 0.6 is 31.9 Å². The molecule has 0 aliphatic heterocycles. The van der Waals surface area contributed by atoms with Gasteiger partial charge < -0.3 is 5.32 Å². The molecule has 0 unspecified atom stereocenters. The summed E-state index contributed by atoms with van der Waals surface area (Å²) in [4.78, 5) is 11.9. The standard InChI is InChI=1S/C12H11Br2N3O/c13-10-6-9(7-11(14)8-10)12(18)15-3-5-17-4-1-2-16-17/h1-2,4,6-8H,3,5H2,(H,15,18). The molecule has 0 saturated carbocycles. The normalized spacial score (nSPS) is 10.3. The summed E-state index contributed by atoms with van der Waals surface area (Å²) in [6.07, 6.45) is 3.58. The van der Waals surface area contributed by atoms with E-state index in [0.717, 1.165) is 8.95 Å². The number of halogens is 2. The molecule has 6 heteroatoms. The van der Waals surface area contributed by atoms with Crippen LogP contribution in [0.5, 0.6) is 0 Å². The molecule has 0 aliphatic carbocycles. The summed E-state index contributed by atoms with van der Waals surface area (Å²) < 4.78 is 3.51. The van der Waals surface area contributed by atoms with Crippen molar-refractivity contribution in [3.05, 3.63) is 51.2 Å². The Morgan fingerprint density at radius 3 is 2.61 bits per heavy atom. The molecule has 4 nitrogen and oxygen atoms in total. The lowest BCUT2D eigenvalue weighted by Crippen LogP contribution is -2.27. The first kappa shape index (κ1) is 13.3. The molecule has 18 heavy (non-hydrogen) atoms. The molecule has 1 N–H and O–H groups in total. The van der Waals surface area contributed by atoms with Crippen LogP contribution in [0, 0.1) is 0 Å². The van der Waals surface area contributed by atoms with Crippen molar-refractivity contribution in [2.75, 3.05) is 6.54 Å². The number of nitrogens with zero attached hydrogens (tertiary/aromatic N) is 2. The Hall–Kier alpha value is -1.14. The first-order chi connectivity index (χ1) is 8.65. The fraction of sp³-hybridized carbons (Fsp3) is 0.167. The highest BCUT2D eigenvalue weighted by atomic mass is 79.9. The van der Waals surface area contributed by atoms with Crippen molar-refractivity contribution in [1.29, 1.82) is 0 Å². The maximum absolute atomic E-state index is 11.9. The summed E-state index contributed by atoms with van der Waals surface area (Å²) >= 11 is 6.71. The average molecular weight is 373 g/mol. The summed E-state index contributed by atoms with van der Waals surface area (Å²) in [7, 11) is 0. The highest BCUT2D eigenvalue weighted by Gasteiger charge is 2.06. The molecule has 94 valence electrons. The van der Waals surface area contributed by atoms with Crippen LogP contribution in [0.2, 0.25) is 0 Å². The van der Waals surface area contributed by atoms with E-state index < -0.39 is 0 Å². The van der Waals surface area contributed by atoms with Gasteiger partial charge in [-0.1, -0.05) is 31.9 Å². The monoisotopic (exact) mass is 371 g/mol. The van der Waals surface area contributed by atoms with Crippen LogP contribution in [0.25, 0.3) is 0 Å². The molecule has 0 atom stereocenters. The molecule has 0 fully saturated rings. The zero-order chi connectivity index (χ0) is 13.0. The van der Waals surface area contributed by atoms with E-state index >= 15 is 0 Å². The minimum absolute atomic E-state index is 0.0934. The van der Waals surface area contributed by atoms with Gasteiger partial charge in [0.2, 0.25) is 0 Å². The Kier molecular flexibility index (Phi) is 4.54. The SMILES string of the molecule is O=C(NCCn1cccn1)c1cc(Br)cc(Br)c1. The fourth-order valence-corrected chi connectivity index (χ4v) is 2.80. The molecule has 0 radical (unpaired) electrons. The summed E-state index contributed by atoms with van der Waals surface area (Å²) in [6.45, 7) is 1.21. The van der Waals surface area contributed by atoms with Gasteiger partial charge in [-0.3, -0.25) is 9.48 Å². The first-order valence-electron chi connectivity index (χ1n) is 5.37. The first-order valence-corrected chi connectivity index (χ1v) is 6.95. The van der Waals surface area contributed by atoms with Crippen molar-refractivity contribution in [3.63, 3.8) is 0 Å². The van der Waals surface area contributed by atoms with Crippen molar-refractivity contribution < 1.29 is 4.79 Å². The van der Waals surface area contributed by atoms with E-state index in [1.165, 1.54) is 0 Å². The van der Waals surface area contributed by atoms with Crippen molar-refractivity contribution in [2.24, 2.45) is 0 Å². The third-order valence-corrected chi connectivity index (χ3v) is 3.23. The lowest BCUT2D eigenvalue weighted by atomic mass is 10.2. The lowest BCUT2D eigenvalue weighted by molar-refractivity contribution is 0.0952. The number of amides is 1. The zero-order valence-corrected chi connectivity index (χ0v) is 12.6. The molecule has 1 aromatic heterocycles. The van der Waals surface area contributed by atoms with E-state index in [1.54, 1.807) is 23.0 Å². The number of rotatable bonds is 4. The summed E-state index contributed by atoms with van der Waals surface area (Å²) in [5, 5.41) is 6.91. The summed E-state index contributed by atoms with van der Waals surface area (Å²) in [5.41, 5.74) is 0.622. The van der Waals surface area contributed by atoms with E-state index in [-0.39, 0.29) is 5.91 Å². The van der Waals surface area contributed by atoms with Gasteiger partial charge in [0.15, 0.2) is 0 Å². The van der Waals surface area contributed by atoms with Gasteiger partial charge in [0.25, 0.3) is 5.91 Å². The number of benzene rings is 1. The van der Waals surface area contributed by atoms with Crippen molar-refractivity contribution in [3.8, 4) is 0 Å². The van der Waals surface area contributed by atoms with Gasteiger partial charge in [-0.05, 0) is 24.3 Å². The van der Waals surface area contributed by atoms with E-state index in [1.807, 2.05) is 18.3 Å². The second-order valence-electron chi connectivity index (χ2n) is 3.68. The predicted molar refractivity (Wildman–Crippen MR) is 76.4 cm³/mol. The highest BCUT2D eigenvalue weighted by molar-refractivity contribution is 9.11. The van der Waals surface area contributed by atoms with E-state index in [0.29, 0.717) is 18.7 Å². The van der Waals surface area contributed by atoms with E-state index in [4.69, 9.17) is 0 Å². The van der Waals surface area contributed by atoms with Gasteiger partial charge in [0.1, 0.15) is 0 Å². The van der Waals surface area contributed by atoms with Gasteiger partial charge in [-0.25, -0.2) is 0 Å². The highest BCUT2D eigenvalue weighted by Crippen LogP contribution is 2.19. The Morgan fingerprint density at radius 1 is 1.28 bits per heavy atom. The molecule has 2 rings (SSSR count). The topological polar surface area (TPSA) is 46.9 Å². The van der Waals surface area contributed by atoms with Crippen LogP contribution in [0.1, 0.15) is 10.4 Å². The Balaban J connectivity index is 1.91. The molecule has 1 aromatic carbocycles. The van der Waals surface area contributed by atoms with Gasteiger partial charge in [-0.2, -0.15) is 5.10 Å². The Morgan fingerprint density at radius 2 is 2.00 bits per heavy atom. The number of nitrogens with one attached hydrogen (secondary N) is 1. The predicted octanol–water partition coefficient (Wildman–Crippen LogP) is 2.84. The maximum Gasteiger partial charge on any atom is 0.251 e. The molecule has 2 aromatic rings. The van der Waals surface area contributed by atoms with Crippen LogP contribution in [-0.4, -0.2) is 22.2 Å². The van der Waals surface area contributed by atoms with Gasteiger partial charge in [0, 0.05) is 33.4 Å². The van der Waals surface area contributed by atoms with Crippen LogP contribution in [0.3, 0.4) is 0 Å². The van der Waals surface area contributed by atoms with Gasteiger partial charge >= 0.3 is 0 Å². The molecule has 0 bridgehead atoms. The third-order valence-electron chi connectivity index (χ3n) is 2.31. The molecular formula is C12H11Br2N3O. The lowest BCUT2D eigenvalue weighted by Gasteiger charge is -2.06. The van der Waals surface area contributed by atoms with Crippen LogP contribution < -0.4 is 5.32 Å². The zero-order valence-electron chi connectivity index (χ0n) is 9.44. The number of carbonyl (C=O) groups is 1. The van der Waals surface area contributed by atoms with Gasteiger partial charge in [0.05, 0.1) is 6.54 Å². The van der Waals surface area contributed by atoms with Crippen LogP contribution in [-0.2, 0) is 6.54 Å². The molecular weight excluding hydrogens is 362 g/mol. The maximum atomic E-state index is 11.9. The van der Waals surface area contributed by atoms with E-state index in [2.05, 4.69) is 42.3 Å². The van der Waals surface area contributed by atoms with Gasteiger partial charge in [-0.15, -0.1) is 0 Å². The Labute approximate surface area is 122 Å². The minimum Gasteiger partial charge on any atom is -0.350 e. The smallest absolute Gasteiger partial charge is 0.251 e. The largest absolute Gasteiger partial charge is 0.350 e. The minimum atomic E-state index is -0.0934. The summed E-state index contributed by atoms with van der Waals surface area (Å²) in [6, 6.07) is 7.32. The quantitative estimate of drug-likeness (QED) is 0.896. The molecule has 0 saturated heterocycles. The van der Waals surface area contributed by atoms with Crippen molar-refractivity contribution >= 4 is 37.8 Å². The fourth-order valence-electron chi connectivity index (χ4n) is 1.50. The molecule has 1 amide bonds. The number of aromatic nitrogens is 2. The van der Waals surface area contributed by atoms with Crippen LogP contribution in [0.15, 0.2) is 45.6 Å². The van der Waals surface area contributed by atoms with E-state index in [9.17, 15) is 4.79 Å².